The summed E-state index contributed by atoms with van der Waals surface area (Å²) in [6, 6.07) is 9.75. The van der Waals surface area contributed by atoms with Gasteiger partial charge in [0.1, 0.15) is 11.6 Å². The van der Waals surface area contributed by atoms with Crippen LogP contribution in [0.5, 0.6) is 0 Å². The largest absolute Gasteiger partial charge is 0.272 e. The Bertz CT molecular complexity index is 419. The molecular formula is C13H15NO2S. The Morgan fingerprint density at radius 1 is 1.41 bits per heavy atom. The first-order valence-electron chi connectivity index (χ1n) is 5.72. The zero-order valence-corrected chi connectivity index (χ0v) is 10.6. The Labute approximate surface area is 106 Å². The first-order valence-corrected chi connectivity index (χ1v) is 6.13. The molecule has 90 valence electrons. The van der Waals surface area contributed by atoms with Gasteiger partial charge in [-0.15, -0.1) is 0 Å². The second kappa shape index (κ2) is 5.38. The molecule has 0 unspecified atom stereocenters. The average Bonchev–Trinajstić information content (AvgIpc) is 2.35. The summed E-state index contributed by atoms with van der Waals surface area (Å²) in [5.41, 5.74) is 1.03. The predicted molar refractivity (Wildman–Crippen MR) is 69.1 cm³/mol. The van der Waals surface area contributed by atoms with Crippen molar-refractivity contribution >= 4 is 23.1 Å². The van der Waals surface area contributed by atoms with Gasteiger partial charge in [-0.2, -0.15) is 5.06 Å². The molecule has 1 fully saturated rings. The Morgan fingerprint density at radius 2 is 2.12 bits per heavy atom. The minimum Gasteiger partial charge on any atom is -0.272 e. The molecule has 3 nitrogen and oxygen atoms in total. The maximum atomic E-state index is 11.9. The zero-order chi connectivity index (χ0) is 12.3. The number of hydroxylamine groups is 2. The summed E-state index contributed by atoms with van der Waals surface area (Å²) >= 11 is 5.15. The van der Waals surface area contributed by atoms with E-state index in [0.717, 1.165) is 18.4 Å². The van der Waals surface area contributed by atoms with Gasteiger partial charge < -0.3 is 0 Å². The van der Waals surface area contributed by atoms with Crippen LogP contribution in [0.4, 0.5) is 0 Å². The quantitative estimate of drug-likeness (QED) is 0.771. The summed E-state index contributed by atoms with van der Waals surface area (Å²) in [5, 5.41) is 1.29. The molecule has 0 aromatic heterocycles. The molecule has 0 N–H and O–H groups in total. The maximum Gasteiger partial charge on any atom is 0.254 e. The van der Waals surface area contributed by atoms with Crippen molar-refractivity contribution in [2.75, 3.05) is 0 Å². The maximum absolute atomic E-state index is 11.9. The van der Waals surface area contributed by atoms with Crippen molar-refractivity contribution in [3.05, 3.63) is 35.9 Å². The van der Waals surface area contributed by atoms with Crippen LogP contribution in [0.25, 0.3) is 0 Å². The highest BCUT2D eigenvalue weighted by Crippen LogP contribution is 2.20. The standard InChI is InChI=1S/C13H15NO2S/c1-10-7-8-12(17)14(13(10)15)16-9-11-5-3-2-4-6-11/h2-6,10H,7-9H2,1H3/t10-/m0/s1. The molecule has 0 saturated carbocycles. The first-order chi connectivity index (χ1) is 8.18. The lowest BCUT2D eigenvalue weighted by Gasteiger charge is -2.29. The summed E-state index contributed by atoms with van der Waals surface area (Å²) in [5.74, 6) is -0.0327. The van der Waals surface area contributed by atoms with Crippen molar-refractivity contribution in [3.63, 3.8) is 0 Å². The van der Waals surface area contributed by atoms with E-state index in [1.807, 2.05) is 37.3 Å². The van der Waals surface area contributed by atoms with Crippen LogP contribution in [-0.4, -0.2) is 16.0 Å². The number of rotatable bonds is 3. The molecule has 1 aromatic carbocycles. The molecule has 2 rings (SSSR count). The fourth-order valence-electron chi connectivity index (χ4n) is 1.74. The number of carbonyl (C=O) groups is 1. The molecule has 0 aliphatic carbocycles. The lowest BCUT2D eigenvalue weighted by Crippen LogP contribution is -2.43. The molecule has 1 heterocycles. The fourth-order valence-corrected chi connectivity index (χ4v) is 2.00. The Balaban J connectivity index is 1.98. The molecule has 1 amide bonds. The Hall–Kier alpha value is -1.26. The van der Waals surface area contributed by atoms with E-state index < -0.39 is 0 Å². The van der Waals surface area contributed by atoms with Crippen LogP contribution in [0.1, 0.15) is 25.3 Å². The number of piperidine rings is 1. The summed E-state index contributed by atoms with van der Waals surface area (Å²) in [6.07, 6.45) is 1.57. The van der Waals surface area contributed by atoms with Crippen LogP contribution >= 0.6 is 12.2 Å². The lowest BCUT2D eigenvalue weighted by molar-refractivity contribution is -0.173. The molecule has 17 heavy (non-hydrogen) atoms. The highest BCUT2D eigenvalue weighted by Gasteiger charge is 2.30. The molecule has 1 aliphatic rings. The topological polar surface area (TPSA) is 29.5 Å². The number of hydrogen-bond acceptors (Lipinski definition) is 3. The summed E-state index contributed by atoms with van der Waals surface area (Å²) in [6.45, 7) is 2.28. The van der Waals surface area contributed by atoms with Crippen molar-refractivity contribution < 1.29 is 9.63 Å². The zero-order valence-electron chi connectivity index (χ0n) is 9.76. The van der Waals surface area contributed by atoms with Crippen LogP contribution in [-0.2, 0) is 16.2 Å². The van der Waals surface area contributed by atoms with Gasteiger partial charge in [0.15, 0.2) is 0 Å². The fraction of sp³-hybridized carbons (Fsp3) is 0.385. The summed E-state index contributed by atoms with van der Waals surface area (Å²) in [7, 11) is 0. The van der Waals surface area contributed by atoms with Gasteiger partial charge in [-0.3, -0.25) is 9.63 Å². The minimum atomic E-state index is -0.0304. The molecule has 0 radical (unpaired) electrons. The van der Waals surface area contributed by atoms with E-state index in [9.17, 15) is 4.79 Å². The van der Waals surface area contributed by atoms with Crippen LogP contribution in [0, 0.1) is 5.92 Å². The number of hydrogen-bond donors (Lipinski definition) is 0. The molecular weight excluding hydrogens is 234 g/mol. The van der Waals surface area contributed by atoms with E-state index in [4.69, 9.17) is 17.1 Å². The third-order valence-corrected chi connectivity index (χ3v) is 3.21. The van der Waals surface area contributed by atoms with Crippen molar-refractivity contribution in [1.82, 2.24) is 5.06 Å². The van der Waals surface area contributed by atoms with E-state index in [2.05, 4.69) is 0 Å². The molecule has 1 atom stereocenters. The van der Waals surface area contributed by atoms with Gasteiger partial charge in [0.2, 0.25) is 0 Å². The lowest BCUT2D eigenvalue weighted by atomic mass is 10.0. The Kier molecular flexibility index (Phi) is 3.86. The Morgan fingerprint density at radius 3 is 2.82 bits per heavy atom. The summed E-state index contributed by atoms with van der Waals surface area (Å²) < 4.78 is 0. The molecule has 1 aliphatic heterocycles. The SMILES string of the molecule is C[C@H]1CCC(=S)N(OCc2ccccc2)C1=O. The first kappa shape index (κ1) is 12.2. The number of carbonyl (C=O) groups excluding carboxylic acids is 1. The highest BCUT2D eigenvalue weighted by atomic mass is 32.1. The number of amides is 1. The van der Waals surface area contributed by atoms with Gasteiger partial charge in [-0.25, -0.2) is 0 Å². The van der Waals surface area contributed by atoms with Crippen molar-refractivity contribution in [1.29, 1.82) is 0 Å². The molecule has 1 saturated heterocycles. The van der Waals surface area contributed by atoms with E-state index >= 15 is 0 Å². The normalized spacial score (nSPS) is 20.8. The van der Waals surface area contributed by atoms with E-state index in [1.165, 1.54) is 5.06 Å². The van der Waals surface area contributed by atoms with Crippen molar-refractivity contribution in [3.8, 4) is 0 Å². The molecule has 4 heteroatoms. The predicted octanol–water partition coefficient (Wildman–Crippen LogP) is 2.70. The second-order valence-corrected chi connectivity index (χ2v) is 4.70. The minimum absolute atomic E-state index is 0.00234. The summed E-state index contributed by atoms with van der Waals surface area (Å²) in [4.78, 5) is 18.0. The van der Waals surface area contributed by atoms with Gasteiger partial charge in [-0.1, -0.05) is 49.5 Å². The van der Waals surface area contributed by atoms with Gasteiger partial charge in [-0.05, 0) is 12.0 Å². The van der Waals surface area contributed by atoms with Crippen LogP contribution in [0.2, 0.25) is 0 Å². The van der Waals surface area contributed by atoms with E-state index in [1.54, 1.807) is 0 Å². The van der Waals surface area contributed by atoms with Crippen LogP contribution in [0.15, 0.2) is 30.3 Å². The number of thiocarbonyl (C=S) groups is 1. The number of benzene rings is 1. The average molecular weight is 249 g/mol. The second-order valence-electron chi connectivity index (χ2n) is 4.23. The molecule has 0 bridgehead atoms. The molecule has 1 aromatic rings. The van der Waals surface area contributed by atoms with Crippen molar-refractivity contribution in [2.24, 2.45) is 5.92 Å². The van der Waals surface area contributed by atoms with E-state index in [-0.39, 0.29) is 11.8 Å². The molecule has 0 spiro atoms. The third kappa shape index (κ3) is 2.90. The van der Waals surface area contributed by atoms with Crippen LogP contribution < -0.4 is 0 Å². The van der Waals surface area contributed by atoms with E-state index in [0.29, 0.717) is 11.6 Å². The smallest absolute Gasteiger partial charge is 0.254 e. The van der Waals surface area contributed by atoms with Crippen molar-refractivity contribution in [2.45, 2.75) is 26.4 Å². The van der Waals surface area contributed by atoms with Gasteiger partial charge in [0.05, 0.1) is 0 Å². The third-order valence-electron chi connectivity index (χ3n) is 2.84. The van der Waals surface area contributed by atoms with Gasteiger partial charge >= 0.3 is 0 Å². The van der Waals surface area contributed by atoms with Gasteiger partial charge in [0, 0.05) is 12.3 Å². The number of nitrogens with zero attached hydrogens (tertiary/aromatic N) is 1. The van der Waals surface area contributed by atoms with Gasteiger partial charge in [0.25, 0.3) is 5.91 Å². The van der Waals surface area contributed by atoms with Crippen LogP contribution in [0.3, 0.4) is 0 Å². The monoisotopic (exact) mass is 249 g/mol. The highest BCUT2D eigenvalue weighted by molar-refractivity contribution is 7.80.